The number of nitrogens with zero attached hydrogens (tertiary/aromatic N) is 3. The van der Waals surface area contributed by atoms with Gasteiger partial charge in [-0.3, -0.25) is 15.0 Å². The first-order valence-corrected chi connectivity index (χ1v) is 9.04. The van der Waals surface area contributed by atoms with Gasteiger partial charge in [-0.05, 0) is 42.7 Å². The van der Waals surface area contributed by atoms with Crippen molar-refractivity contribution in [1.29, 1.82) is 0 Å². The minimum absolute atomic E-state index is 0.134. The molecule has 1 fully saturated rings. The molecule has 3 rings (SSSR count). The summed E-state index contributed by atoms with van der Waals surface area (Å²) in [4.78, 5) is 15.2. The van der Waals surface area contributed by atoms with Crippen LogP contribution >= 0.6 is 0 Å². The number of benzene rings is 2. The first kappa shape index (κ1) is 18.3. The molecule has 0 N–H and O–H groups in total. The summed E-state index contributed by atoms with van der Waals surface area (Å²) in [5.41, 5.74) is 2.33. The van der Waals surface area contributed by atoms with Crippen molar-refractivity contribution in [3.8, 4) is 0 Å². The van der Waals surface area contributed by atoms with Gasteiger partial charge < -0.3 is 4.90 Å². The number of hydrogen-bond acceptors (Lipinski definition) is 4. The summed E-state index contributed by atoms with van der Waals surface area (Å²) in [6.45, 7) is 5.94. The maximum atomic E-state index is 13.1. The van der Waals surface area contributed by atoms with Crippen LogP contribution < -0.4 is 4.90 Å². The highest BCUT2D eigenvalue weighted by Gasteiger charge is 2.23. The summed E-state index contributed by atoms with van der Waals surface area (Å²) < 4.78 is 13.1. The number of halogens is 1. The summed E-state index contributed by atoms with van der Waals surface area (Å²) >= 11 is 0. The number of hydrogen-bond donors (Lipinski definition) is 0. The number of piperazine rings is 1. The van der Waals surface area contributed by atoms with Gasteiger partial charge in [-0.15, -0.1) is 0 Å². The quantitative estimate of drug-likeness (QED) is 0.582. The Bertz CT molecular complexity index is 726. The average molecular weight is 357 g/mol. The Morgan fingerprint density at radius 1 is 1.04 bits per heavy atom. The second-order valence-corrected chi connectivity index (χ2v) is 6.69. The van der Waals surface area contributed by atoms with E-state index in [1.54, 1.807) is 12.1 Å². The van der Waals surface area contributed by atoms with Gasteiger partial charge in [0.2, 0.25) is 0 Å². The van der Waals surface area contributed by atoms with Crippen LogP contribution in [-0.2, 0) is 6.42 Å². The fourth-order valence-electron chi connectivity index (χ4n) is 3.55. The highest BCUT2D eigenvalue weighted by molar-refractivity contribution is 5.46. The fraction of sp³-hybridized carbons (Fsp3) is 0.400. The average Bonchev–Trinajstić information content (AvgIpc) is 2.67. The van der Waals surface area contributed by atoms with Crippen LogP contribution in [0, 0.1) is 15.9 Å². The van der Waals surface area contributed by atoms with Gasteiger partial charge in [0, 0.05) is 50.0 Å². The summed E-state index contributed by atoms with van der Waals surface area (Å²) in [7, 11) is 0. The van der Waals surface area contributed by atoms with E-state index in [9.17, 15) is 14.5 Å². The van der Waals surface area contributed by atoms with Gasteiger partial charge in [0.05, 0.1) is 4.92 Å². The van der Waals surface area contributed by atoms with Gasteiger partial charge >= 0.3 is 0 Å². The third kappa shape index (κ3) is 4.38. The highest BCUT2D eigenvalue weighted by Crippen LogP contribution is 2.21. The topological polar surface area (TPSA) is 49.6 Å². The van der Waals surface area contributed by atoms with Gasteiger partial charge in [0.25, 0.3) is 5.69 Å². The molecule has 0 bridgehead atoms. The second kappa shape index (κ2) is 8.27. The Balaban J connectivity index is 1.57. The second-order valence-electron chi connectivity index (χ2n) is 6.69. The predicted molar refractivity (Wildman–Crippen MR) is 101 cm³/mol. The van der Waals surface area contributed by atoms with Crippen molar-refractivity contribution < 1.29 is 9.31 Å². The molecule has 0 amide bonds. The van der Waals surface area contributed by atoms with Crippen LogP contribution in [0.4, 0.5) is 15.8 Å². The van der Waals surface area contributed by atoms with E-state index in [1.165, 1.54) is 12.1 Å². The zero-order valence-corrected chi connectivity index (χ0v) is 15.0. The molecule has 0 radical (unpaired) electrons. The minimum atomic E-state index is -0.365. The van der Waals surface area contributed by atoms with Gasteiger partial charge in [-0.25, -0.2) is 4.39 Å². The molecule has 0 spiro atoms. The van der Waals surface area contributed by atoms with Crippen LogP contribution in [0.15, 0.2) is 48.5 Å². The smallest absolute Gasteiger partial charge is 0.269 e. The van der Waals surface area contributed by atoms with Crippen molar-refractivity contribution in [3.05, 3.63) is 70.0 Å². The Hall–Kier alpha value is -2.47. The van der Waals surface area contributed by atoms with Gasteiger partial charge in [0.1, 0.15) is 5.82 Å². The van der Waals surface area contributed by atoms with Gasteiger partial charge in [-0.2, -0.15) is 0 Å². The van der Waals surface area contributed by atoms with E-state index in [1.807, 2.05) is 24.3 Å². The minimum Gasteiger partial charge on any atom is -0.369 e. The molecule has 0 aliphatic carbocycles. The van der Waals surface area contributed by atoms with Crippen molar-refractivity contribution in [2.75, 3.05) is 31.1 Å². The number of nitro benzene ring substituents is 1. The Kier molecular flexibility index (Phi) is 5.83. The largest absolute Gasteiger partial charge is 0.369 e. The van der Waals surface area contributed by atoms with E-state index >= 15 is 0 Å². The van der Waals surface area contributed by atoms with Crippen molar-refractivity contribution in [3.63, 3.8) is 0 Å². The normalized spacial score (nSPS) is 16.5. The molecule has 1 unspecified atom stereocenters. The fourth-order valence-corrected chi connectivity index (χ4v) is 3.55. The Morgan fingerprint density at radius 2 is 1.65 bits per heavy atom. The van der Waals surface area contributed by atoms with Crippen LogP contribution in [0.3, 0.4) is 0 Å². The number of non-ortho nitro benzene ring substituents is 1. The van der Waals surface area contributed by atoms with Crippen LogP contribution in [-0.4, -0.2) is 42.0 Å². The first-order chi connectivity index (χ1) is 12.6. The molecule has 1 atom stereocenters. The lowest BCUT2D eigenvalue weighted by molar-refractivity contribution is -0.384. The lowest BCUT2D eigenvalue weighted by Crippen LogP contribution is -2.50. The van der Waals surface area contributed by atoms with Gasteiger partial charge in [0.15, 0.2) is 0 Å². The van der Waals surface area contributed by atoms with Crippen molar-refractivity contribution in [1.82, 2.24) is 4.90 Å². The molecular weight excluding hydrogens is 333 g/mol. The van der Waals surface area contributed by atoms with Crippen LogP contribution in [0.25, 0.3) is 0 Å². The zero-order chi connectivity index (χ0) is 18.5. The number of nitro groups is 1. The molecule has 1 aliphatic rings. The molecule has 26 heavy (non-hydrogen) atoms. The predicted octanol–water partition coefficient (Wildman–Crippen LogP) is 3.88. The van der Waals surface area contributed by atoms with E-state index in [0.29, 0.717) is 6.04 Å². The van der Waals surface area contributed by atoms with Crippen LogP contribution in [0.5, 0.6) is 0 Å². The van der Waals surface area contributed by atoms with E-state index in [-0.39, 0.29) is 16.4 Å². The van der Waals surface area contributed by atoms with Gasteiger partial charge in [-0.1, -0.05) is 19.1 Å². The maximum absolute atomic E-state index is 13.1. The monoisotopic (exact) mass is 357 g/mol. The van der Waals surface area contributed by atoms with E-state index in [2.05, 4.69) is 16.7 Å². The molecule has 1 saturated heterocycles. The Labute approximate surface area is 153 Å². The van der Waals surface area contributed by atoms with E-state index in [0.717, 1.165) is 50.3 Å². The summed E-state index contributed by atoms with van der Waals surface area (Å²) in [5, 5.41) is 10.8. The van der Waals surface area contributed by atoms with E-state index < -0.39 is 0 Å². The molecule has 1 aliphatic heterocycles. The molecule has 2 aromatic rings. The van der Waals surface area contributed by atoms with Crippen LogP contribution in [0.2, 0.25) is 0 Å². The SMILES string of the molecule is CCC(Cc1ccc([N+](=O)[O-])cc1)N1CCN(c2ccc(F)cc2)CC1. The van der Waals surface area contributed by atoms with Crippen molar-refractivity contribution in [2.45, 2.75) is 25.8 Å². The van der Waals surface area contributed by atoms with Crippen molar-refractivity contribution in [2.24, 2.45) is 0 Å². The van der Waals surface area contributed by atoms with E-state index in [4.69, 9.17) is 0 Å². The standard InChI is InChI=1S/C20H24FN3O2/c1-2-18(15-16-3-7-20(8-4-16)24(25)26)22-11-13-23(14-12-22)19-9-5-17(21)6-10-19/h3-10,18H,2,11-15H2,1H3. The van der Waals surface area contributed by atoms with Crippen molar-refractivity contribution >= 4 is 11.4 Å². The first-order valence-electron chi connectivity index (χ1n) is 9.04. The lowest BCUT2D eigenvalue weighted by Gasteiger charge is -2.40. The highest BCUT2D eigenvalue weighted by atomic mass is 19.1. The molecule has 1 heterocycles. The molecule has 2 aromatic carbocycles. The molecule has 0 saturated carbocycles. The number of rotatable bonds is 6. The summed E-state index contributed by atoms with van der Waals surface area (Å²) in [5.74, 6) is -0.207. The third-order valence-corrected chi connectivity index (χ3v) is 5.11. The van der Waals surface area contributed by atoms with Crippen LogP contribution in [0.1, 0.15) is 18.9 Å². The zero-order valence-electron chi connectivity index (χ0n) is 15.0. The molecular formula is C20H24FN3O2. The molecule has 6 heteroatoms. The summed E-state index contributed by atoms with van der Waals surface area (Å²) in [6, 6.07) is 14.0. The lowest BCUT2D eigenvalue weighted by atomic mass is 10.0. The third-order valence-electron chi connectivity index (χ3n) is 5.11. The molecule has 0 aromatic heterocycles. The summed E-state index contributed by atoms with van der Waals surface area (Å²) in [6.07, 6.45) is 1.93. The number of anilines is 1. The maximum Gasteiger partial charge on any atom is 0.269 e. The molecule has 138 valence electrons. The molecule has 5 nitrogen and oxygen atoms in total. The Morgan fingerprint density at radius 3 is 2.19 bits per heavy atom.